The third-order valence-electron chi connectivity index (χ3n) is 2.91. The molecule has 3 rings (SSSR count). The summed E-state index contributed by atoms with van der Waals surface area (Å²) in [5.74, 6) is 0.863. The first-order valence-corrected chi connectivity index (χ1v) is 7.00. The van der Waals surface area contributed by atoms with Gasteiger partial charge in [0.1, 0.15) is 5.75 Å². The fourth-order valence-electron chi connectivity index (χ4n) is 1.98. The van der Waals surface area contributed by atoms with E-state index in [-0.39, 0.29) is 0 Å². The number of thiophene rings is 1. The number of benzene rings is 1. The molecule has 3 nitrogen and oxygen atoms in total. The van der Waals surface area contributed by atoms with Crippen molar-refractivity contribution in [2.24, 2.45) is 0 Å². The van der Waals surface area contributed by atoms with Gasteiger partial charge in [-0.25, -0.2) is 0 Å². The van der Waals surface area contributed by atoms with Gasteiger partial charge in [-0.1, -0.05) is 6.07 Å². The molecule has 3 aromatic rings. The number of pyridine rings is 1. The maximum atomic E-state index is 5.86. The second-order valence-corrected chi connectivity index (χ2v) is 5.30. The monoisotopic (exact) mass is 270 g/mol. The fourth-order valence-corrected chi connectivity index (χ4v) is 2.67. The molecule has 0 aliphatic carbocycles. The summed E-state index contributed by atoms with van der Waals surface area (Å²) in [6, 6.07) is 11.8. The summed E-state index contributed by atoms with van der Waals surface area (Å²) in [7, 11) is 0. The van der Waals surface area contributed by atoms with Crippen LogP contribution in [0, 0.1) is 0 Å². The van der Waals surface area contributed by atoms with Gasteiger partial charge in [0.2, 0.25) is 0 Å². The third-order valence-corrected chi connectivity index (χ3v) is 3.85. The highest BCUT2D eigenvalue weighted by molar-refractivity contribution is 7.09. The predicted molar refractivity (Wildman–Crippen MR) is 79.7 cm³/mol. The van der Waals surface area contributed by atoms with Crippen molar-refractivity contribution in [2.75, 3.05) is 12.3 Å². The molecule has 0 bridgehead atoms. The molecule has 2 heterocycles. The van der Waals surface area contributed by atoms with E-state index in [1.165, 1.54) is 4.88 Å². The maximum Gasteiger partial charge on any atom is 0.130 e. The first-order valence-electron chi connectivity index (χ1n) is 6.12. The van der Waals surface area contributed by atoms with E-state index < -0.39 is 0 Å². The predicted octanol–water partition coefficient (Wildman–Crippen LogP) is 3.50. The molecule has 1 aromatic carbocycles. The smallest absolute Gasteiger partial charge is 0.130 e. The maximum absolute atomic E-state index is 5.86. The average Bonchev–Trinajstić information content (AvgIpc) is 2.92. The van der Waals surface area contributed by atoms with Crippen molar-refractivity contribution in [1.29, 1.82) is 0 Å². The Morgan fingerprint density at radius 1 is 1.21 bits per heavy atom. The molecular formula is C15H14N2OS. The molecule has 0 saturated heterocycles. The number of ether oxygens (including phenoxy) is 1. The molecule has 0 amide bonds. The lowest BCUT2D eigenvalue weighted by atomic mass is 10.2. The van der Waals surface area contributed by atoms with Gasteiger partial charge < -0.3 is 10.5 Å². The van der Waals surface area contributed by atoms with Crippen molar-refractivity contribution in [3.8, 4) is 5.75 Å². The van der Waals surface area contributed by atoms with Crippen LogP contribution in [0.25, 0.3) is 10.9 Å². The molecule has 96 valence electrons. The SMILES string of the molecule is Nc1ccc2c(OCCc3cccs3)ccnc2c1. The van der Waals surface area contributed by atoms with Gasteiger partial charge in [0.15, 0.2) is 0 Å². The first kappa shape index (κ1) is 12.0. The lowest BCUT2D eigenvalue weighted by Crippen LogP contribution is -2.01. The van der Waals surface area contributed by atoms with Crippen molar-refractivity contribution in [1.82, 2.24) is 4.98 Å². The number of nitrogens with two attached hydrogens (primary N) is 1. The molecule has 0 radical (unpaired) electrons. The van der Waals surface area contributed by atoms with Crippen LogP contribution < -0.4 is 10.5 Å². The molecule has 0 aliphatic rings. The van der Waals surface area contributed by atoms with Crippen LogP contribution >= 0.6 is 11.3 Å². The first-order chi connectivity index (χ1) is 9.33. The Kier molecular flexibility index (Phi) is 3.33. The molecule has 2 aromatic heterocycles. The summed E-state index contributed by atoms with van der Waals surface area (Å²) in [5, 5.41) is 3.09. The van der Waals surface area contributed by atoms with Crippen LogP contribution in [-0.2, 0) is 6.42 Å². The zero-order chi connectivity index (χ0) is 13.1. The lowest BCUT2D eigenvalue weighted by molar-refractivity contribution is 0.326. The van der Waals surface area contributed by atoms with E-state index in [1.54, 1.807) is 17.5 Å². The van der Waals surface area contributed by atoms with Crippen LogP contribution in [0.5, 0.6) is 5.75 Å². The Morgan fingerprint density at radius 2 is 2.16 bits per heavy atom. The Labute approximate surface area is 115 Å². The topological polar surface area (TPSA) is 48.1 Å². The summed E-state index contributed by atoms with van der Waals surface area (Å²) < 4.78 is 5.86. The van der Waals surface area contributed by atoms with E-state index in [4.69, 9.17) is 10.5 Å². The minimum Gasteiger partial charge on any atom is -0.492 e. The van der Waals surface area contributed by atoms with Crippen molar-refractivity contribution < 1.29 is 4.74 Å². The summed E-state index contributed by atoms with van der Waals surface area (Å²) in [5.41, 5.74) is 7.35. The number of rotatable bonds is 4. The van der Waals surface area contributed by atoms with Gasteiger partial charge in [-0.3, -0.25) is 4.98 Å². The van der Waals surface area contributed by atoms with Crippen LogP contribution in [0.3, 0.4) is 0 Å². The van der Waals surface area contributed by atoms with E-state index in [1.807, 2.05) is 24.3 Å². The molecule has 0 unspecified atom stereocenters. The van der Waals surface area contributed by atoms with Crippen LogP contribution in [0.4, 0.5) is 5.69 Å². The fraction of sp³-hybridized carbons (Fsp3) is 0.133. The van der Waals surface area contributed by atoms with Gasteiger partial charge in [-0.2, -0.15) is 0 Å². The largest absolute Gasteiger partial charge is 0.492 e. The zero-order valence-electron chi connectivity index (χ0n) is 10.4. The number of aromatic nitrogens is 1. The second-order valence-electron chi connectivity index (χ2n) is 4.26. The van der Waals surface area contributed by atoms with E-state index in [0.29, 0.717) is 6.61 Å². The van der Waals surface area contributed by atoms with E-state index in [0.717, 1.165) is 28.8 Å². The van der Waals surface area contributed by atoms with Gasteiger partial charge in [-0.15, -0.1) is 11.3 Å². The van der Waals surface area contributed by atoms with Crippen LogP contribution in [0.15, 0.2) is 48.0 Å². The zero-order valence-corrected chi connectivity index (χ0v) is 11.2. The van der Waals surface area contributed by atoms with Gasteiger partial charge in [0.05, 0.1) is 12.1 Å². The standard InChI is InChI=1S/C15H14N2OS/c16-11-3-4-13-14(10-11)17-7-5-15(13)18-8-6-12-2-1-9-19-12/h1-5,7,9-10H,6,8,16H2. The van der Waals surface area contributed by atoms with E-state index in [9.17, 15) is 0 Å². The summed E-state index contributed by atoms with van der Waals surface area (Å²) in [6.45, 7) is 0.671. The number of nitrogen functional groups attached to an aromatic ring is 1. The Morgan fingerprint density at radius 3 is 3.00 bits per heavy atom. The molecule has 0 spiro atoms. The highest BCUT2D eigenvalue weighted by Crippen LogP contribution is 2.25. The molecule has 4 heteroatoms. The molecular weight excluding hydrogens is 256 g/mol. The molecule has 0 saturated carbocycles. The quantitative estimate of drug-likeness (QED) is 0.738. The minimum absolute atomic E-state index is 0.671. The Hall–Kier alpha value is -2.07. The van der Waals surface area contributed by atoms with Gasteiger partial charge in [0.25, 0.3) is 0 Å². The molecule has 0 fully saturated rings. The number of fused-ring (bicyclic) bond motifs is 1. The van der Waals surface area contributed by atoms with Crippen LogP contribution in [0.2, 0.25) is 0 Å². The molecule has 0 atom stereocenters. The number of nitrogens with zero attached hydrogens (tertiary/aromatic N) is 1. The summed E-state index contributed by atoms with van der Waals surface area (Å²) in [6.07, 6.45) is 2.68. The van der Waals surface area contributed by atoms with Gasteiger partial charge in [0, 0.05) is 28.6 Å². The normalized spacial score (nSPS) is 10.7. The van der Waals surface area contributed by atoms with Crippen molar-refractivity contribution >= 4 is 27.9 Å². The summed E-state index contributed by atoms with van der Waals surface area (Å²) in [4.78, 5) is 5.64. The molecule has 2 N–H and O–H groups in total. The van der Waals surface area contributed by atoms with Crippen molar-refractivity contribution in [3.05, 3.63) is 52.9 Å². The van der Waals surface area contributed by atoms with Crippen molar-refractivity contribution in [3.63, 3.8) is 0 Å². The third kappa shape index (κ3) is 2.69. The number of hydrogen-bond acceptors (Lipinski definition) is 4. The van der Waals surface area contributed by atoms with Crippen molar-refractivity contribution in [2.45, 2.75) is 6.42 Å². The summed E-state index contributed by atoms with van der Waals surface area (Å²) >= 11 is 1.75. The van der Waals surface area contributed by atoms with Gasteiger partial charge in [-0.05, 0) is 35.7 Å². The highest BCUT2D eigenvalue weighted by atomic mass is 32.1. The van der Waals surface area contributed by atoms with E-state index >= 15 is 0 Å². The van der Waals surface area contributed by atoms with Crippen LogP contribution in [-0.4, -0.2) is 11.6 Å². The average molecular weight is 270 g/mol. The Bertz CT molecular complexity index is 680. The molecule has 0 aliphatic heterocycles. The highest BCUT2D eigenvalue weighted by Gasteiger charge is 2.03. The molecule has 19 heavy (non-hydrogen) atoms. The van der Waals surface area contributed by atoms with Gasteiger partial charge >= 0.3 is 0 Å². The minimum atomic E-state index is 0.671. The number of hydrogen-bond donors (Lipinski definition) is 1. The second kappa shape index (κ2) is 5.28. The number of anilines is 1. The Balaban J connectivity index is 1.77. The lowest BCUT2D eigenvalue weighted by Gasteiger charge is -2.08. The van der Waals surface area contributed by atoms with E-state index in [2.05, 4.69) is 22.5 Å². The van der Waals surface area contributed by atoms with Crippen LogP contribution in [0.1, 0.15) is 4.88 Å².